The fourth-order valence-corrected chi connectivity index (χ4v) is 2.43. The van der Waals surface area contributed by atoms with Crippen molar-refractivity contribution < 1.29 is 23.5 Å². The van der Waals surface area contributed by atoms with E-state index in [-0.39, 0.29) is 28.7 Å². The fraction of sp³-hybridized carbons (Fsp3) is 0.444. The molecule has 0 spiro atoms. The quantitative estimate of drug-likeness (QED) is 0.426. The van der Waals surface area contributed by atoms with E-state index in [2.05, 4.69) is 20.8 Å². The minimum absolute atomic E-state index is 0.0321. The molecule has 4 nitrogen and oxygen atoms in total. The van der Waals surface area contributed by atoms with Gasteiger partial charge in [-0.3, -0.25) is 0 Å². The second-order valence-electron chi connectivity index (χ2n) is 6.81. The van der Waals surface area contributed by atoms with Crippen LogP contribution in [0.3, 0.4) is 0 Å². The summed E-state index contributed by atoms with van der Waals surface area (Å²) in [4.78, 5) is 23.2. The number of hydrogen-bond acceptors (Lipinski definition) is 4. The van der Waals surface area contributed by atoms with Crippen LogP contribution in [0.1, 0.15) is 34.1 Å². The van der Waals surface area contributed by atoms with Gasteiger partial charge in [0.1, 0.15) is 0 Å². The molecule has 6 heteroatoms. The van der Waals surface area contributed by atoms with Gasteiger partial charge in [0.05, 0.1) is 11.6 Å². The Balaban J connectivity index is 2.48. The third kappa shape index (κ3) is 7.59. The number of benzene rings is 1. The van der Waals surface area contributed by atoms with E-state index < -0.39 is 17.8 Å². The zero-order chi connectivity index (χ0) is 18.3. The SMILES string of the molecule is CC(COC(=O)/C=C/C(=O)Oc1c(F)cccc1Cl)CC(C)(C)C. The van der Waals surface area contributed by atoms with Gasteiger partial charge in [-0.1, -0.05) is 45.4 Å². The van der Waals surface area contributed by atoms with E-state index in [1.54, 1.807) is 0 Å². The van der Waals surface area contributed by atoms with E-state index in [1.165, 1.54) is 12.1 Å². The van der Waals surface area contributed by atoms with Crippen molar-refractivity contribution in [2.45, 2.75) is 34.1 Å². The van der Waals surface area contributed by atoms with Crippen LogP contribution in [0.2, 0.25) is 5.02 Å². The second kappa shape index (κ2) is 8.83. The van der Waals surface area contributed by atoms with E-state index in [1.807, 2.05) is 6.92 Å². The standard InChI is InChI=1S/C18H22ClFO4/c1-12(10-18(2,3)4)11-23-15(21)8-9-16(22)24-17-13(19)6-5-7-14(17)20/h5-9,12H,10-11H2,1-4H3/b9-8+. The third-order valence-electron chi connectivity index (χ3n) is 2.95. The summed E-state index contributed by atoms with van der Waals surface area (Å²) in [6, 6.07) is 3.89. The number of rotatable bonds is 6. The maximum absolute atomic E-state index is 13.5. The molecule has 0 saturated heterocycles. The van der Waals surface area contributed by atoms with Crippen LogP contribution >= 0.6 is 11.6 Å². The first kappa shape index (κ1) is 20.2. The Morgan fingerprint density at radius 3 is 2.46 bits per heavy atom. The van der Waals surface area contributed by atoms with Crippen LogP contribution in [0.15, 0.2) is 30.4 Å². The first-order valence-corrected chi connectivity index (χ1v) is 7.97. The molecule has 0 aliphatic carbocycles. The number of ether oxygens (including phenoxy) is 2. The van der Waals surface area contributed by atoms with Gasteiger partial charge in [0.25, 0.3) is 0 Å². The van der Waals surface area contributed by atoms with Crippen LogP contribution in [0.25, 0.3) is 0 Å². The Morgan fingerprint density at radius 2 is 1.88 bits per heavy atom. The van der Waals surface area contributed by atoms with E-state index >= 15 is 0 Å². The molecule has 0 heterocycles. The number of esters is 2. The Hall–Kier alpha value is -1.88. The summed E-state index contributed by atoms with van der Waals surface area (Å²) in [5, 5.41) is -0.0321. The average molecular weight is 357 g/mol. The van der Waals surface area contributed by atoms with Gasteiger partial charge in [-0.25, -0.2) is 14.0 Å². The highest BCUT2D eigenvalue weighted by atomic mass is 35.5. The normalized spacial score (nSPS) is 12.9. The van der Waals surface area contributed by atoms with Crippen molar-refractivity contribution in [2.75, 3.05) is 6.61 Å². The highest BCUT2D eigenvalue weighted by molar-refractivity contribution is 6.32. The Bertz CT molecular complexity index is 600. The summed E-state index contributed by atoms with van der Waals surface area (Å²) in [7, 11) is 0. The Labute approximate surface area is 146 Å². The molecule has 0 radical (unpaired) electrons. The van der Waals surface area contributed by atoms with Gasteiger partial charge < -0.3 is 9.47 Å². The summed E-state index contributed by atoms with van der Waals surface area (Å²) in [5.74, 6) is -2.51. The lowest BCUT2D eigenvalue weighted by molar-refractivity contribution is -0.139. The molecule has 1 aromatic rings. The van der Waals surface area contributed by atoms with Gasteiger partial charge >= 0.3 is 11.9 Å². The molecule has 0 aliphatic rings. The van der Waals surface area contributed by atoms with Crippen LogP contribution in [0.5, 0.6) is 5.75 Å². The van der Waals surface area contributed by atoms with Crippen LogP contribution < -0.4 is 4.74 Å². The smallest absolute Gasteiger partial charge is 0.336 e. The van der Waals surface area contributed by atoms with Crippen LogP contribution in [-0.2, 0) is 14.3 Å². The predicted octanol–water partition coefficient (Wildman–Crippen LogP) is 4.56. The van der Waals surface area contributed by atoms with E-state index in [0.717, 1.165) is 24.6 Å². The molecule has 1 atom stereocenters. The van der Waals surface area contributed by atoms with Gasteiger partial charge in [-0.15, -0.1) is 0 Å². The summed E-state index contributed by atoms with van der Waals surface area (Å²) in [5.41, 5.74) is 0.143. The highest BCUT2D eigenvalue weighted by Crippen LogP contribution is 2.27. The summed E-state index contributed by atoms with van der Waals surface area (Å²) >= 11 is 5.74. The van der Waals surface area contributed by atoms with Crippen molar-refractivity contribution in [3.63, 3.8) is 0 Å². The van der Waals surface area contributed by atoms with E-state index in [0.29, 0.717) is 0 Å². The van der Waals surface area contributed by atoms with Crippen molar-refractivity contribution in [1.82, 2.24) is 0 Å². The van der Waals surface area contributed by atoms with Crippen molar-refractivity contribution >= 4 is 23.5 Å². The highest BCUT2D eigenvalue weighted by Gasteiger charge is 2.16. The first-order chi connectivity index (χ1) is 11.1. The minimum Gasteiger partial charge on any atom is -0.462 e. The van der Waals surface area contributed by atoms with Gasteiger partial charge in [-0.2, -0.15) is 0 Å². The zero-order valence-electron chi connectivity index (χ0n) is 14.3. The molecular formula is C18H22ClFO4. The maximum atomic E-state index is 13.5. The van der Waals surface area contributed by atoms with Crippen molar-refractivity contribution in [2.24, 2.45) is 11.3 Å². The molecule has 0 amide bonds. The molecule has 0 aromatic heterocycles. The van der Waals surface area contributed by atoms with Gasteiger partial charge in [-0.05, 0) is 29.9 Å². The van der Waals surface area contributed by atoms with Crippen molar-refractivity contribution in [3.05, 3.63) is 41.2 Å². The lowest BCUT2D eigenvalue weighted by Crippen LogP contribution is -2.17. The number of carbonyl (C=O) groups excluding carboxylic acids is 2. The number of para-hydroxylation sites is 1. The van der Waals surface area contributed by atoms with Gasteiger partial charge in [0.2, 0.25) is 0 Å². The summed E-state index contributed by atoms with van der Waals surface area (Å²) in [6.07, 6.45) is 2.72. The lowest BCUT2D eigenvalue weighted by atomic mass is 9.86. The topological polar surface area (TPSA) is 52.6 Å². The van der Waals surface area contributed by atoms with Gasteiger partial charge in [0.15, 0.2) is 11.6 Å². The molecule has 1 aromatic carbocycles. The zero-order valence-corrected chi connectivity index (χ0v) is 15.0. The summed E-state index contributed by atoms with van der Waals surface area (Å²) in [6.45, 7) is 8.56. The molecule has 132 valence electrons. The molecule has 0 bridgehead atoms. The molecule has 0 N–H and O–H groups in total. The minimum atomic E-state index is -0.915. The maximum Gasteiger partial charge on any atom is 0.336 e. The molecule has 24 heavy (non-hydrogen) atoms. The molecule has 0 fully saturated rings. The third-order valence-corrected chi connectivity index (χ3v) is 3.25. The van der Waals surface area contributed by atoms with Crippen LogP contribution in [0, 0.1) is 17.2 Å². The molecule has 0 aliphatic heterocycles. The Morgan fingerprint density at radius 1 is 1.25 bits per heavy atom. The molecule has 1 unspecified atom stereocenters. The lowest BCUT2D eigenvalue weighted by Gasteiger charge is -2.22. The number of halogens is 2. The van der Waals surface area contributed by atoms with E-state index in [9.17, 15) is 14.0 Å². The van der Waals surface area contributed by atoms with Crippen LogP contribution in [0.4, 0.5) is 4.39 Å². The second-order valence-corrected chi connectivity index (χ2v) is 7.21. The molecule has 1 rings (SSSR count). The predicted molar refractivity (Wildman–Crippen MR) is 90.4 cm³/mol. The molecule has 0 saturated carbocycles. The molecular weight excluding hydrogens is 335 g/mol. The summed E-state index contributed by atoms with van der Waals surface area (Å²) < 4.78 is 23.3. The van der Waals surface area contributed by atoms with Crippen molar-refractivity contribution in [3.8, 4) is 5.75 Å². The Kier molecular flexibility index (Phi) is 7.42. The average Bonchev–Trinajstić information content (AvgIpc) is 2.45. The van der Waals surface area contributed by atoms with Crippen molar-refractivity contribution in [1.29, 1.82) is 0 Å². The van der Waals surface area contributed by atoms with Gasteiger partial charge in [0, 0.05) is 12.2 Å². The fourth-order valence-electron chi connectivity index (χ4n) is 2.23. The monoisotopic (exact) mass is 356 g/mol. The number of carbonyl (C=O) groups is 2. The first-order valence-electron chi connectivity index (χ1n) is 7.59. The number of hydrogen-bond donors (Lipinski definition) is 0. The largest absolute Gasteiger partial charge is 0.462 e. The van der Waals surface area contributed by atoms with Crippen LogP contribution in [-0.4, -0.2) is 18.5 Å². The van der Waals surface area contributed by atoms with E-state index in [4.69, 9.17) is 21.1 Å².